The van der Waals surface area contributed by atoms with Gasteiger partial charge in [-0.05, 0) is 38.8 Å². The second-order valence-electron chi connectivity index (χ2n) is 7.20. The van der Waals surface area contributed by atoms with Gasteiger partial charge in [0.2, 0.25) is 0 Å². The molecule has 2 rings (SSSR count). The van der Waals surface area contributed by atoms with Crippen molar-refractivity contribution in [3.05, 3.63) is 29.6 Å². The van der Waals surface area contributed by atoms with E-state index in [9.17, 15) is 13.2 Å². The van der Waals surface area contributed by atoms with E-state index in [0.29, 0.717) is 5.96 Å². The number of halogens is 4. The smallest absolute Gasteiger partial charge is 0.387 e. The van der Waals surface area contributed by atoms with Crippen molar-refractivity contribution in [1.29, 1.82) is 0 Å². The third kappa shape index (κ3) is 9.25. The van der Waals surface area contributed by atoms with Crippen molar-refractivity contribution in [2.45, 2.75) is 52.0 Å². The highest BCUT2D eigenvalue weighted by Gasteiger charge is 2.20. The number of rotatable bonds is 9. The summed E-state index contributed by atoms with van der Waals surface area (Å²) in [5.74, 6) is -0.291. The summed E-state index contributed by atoms with van der Waals surface area (Å²) in [6.45, 7) is 4.58. The molecule has 0 amide bonds. The normalized spacial score (nSPS) is 15.9. The lowest BCUT2D eigenvalue weighted by Crippen LogP contribution is -2.49. The molecule has 1 aromatic carbocycles. The molecule has 0 saturated carbocycles. The summed E-state index contributed by atoms with van der Waals surface area (Å²) < 4.78 is 49.2. The van der Waals surface area contributed by atoms with E-state index >= 15 is 0 Å². The number of alkyl halides is 2. The molecular weight excluding hydrogens is 512 g/mol. The van der Waals surface area contributed by atoms with Crippen molar-refractivity contribution in [3.63, 3.8) is 0 Å². The highest BCUT2D eigenvalue weighted by molar-refractivity contribution is 14.0. The predicted octanol–water partition coefficient (Wildman–Crippen LogP) is 3.60. The fourth-order valence-corrected chi connectivity index (χ4v) is 3.20. The van der Waals surface area contributed by atoms with E-state index in [1.807, 2.05) is 13.8 Å². The third-order valence-electron chi connectivity index (χ3n) is 4.74. The van der Waals surface area contributed by atoms with E-state index in [-0.39, 0.29) is 54.0 Å². The number of nitrogens with one attached hydrogen (secondary N) is 2. The number of nitrogens with zero attached hydrogens (tertiary/aromatic N) is 2. The van der Waals surface area contributed by atoms with Crippen LogP contribution in [-0.2, 0) is 11.3 Å². The lowest BCUT2D eigenvalue weighted by Gasteiger charge is -2.33. The van der Waals surface area contributed by atoms with E-state index in [0.717, 1.165) is 39.1 Å². The van der Waals surface area contributed by atoms with Crippen LogP contribution in [-0.4, -0.2) is 62.9 Å². The number of benzene rings is 1. The summed E-state index contributed by atoms with van der Waals surface area (Å²) in [6, 6.07) is 4.11. The highest BCUT2D eigenvalue weighted by atomic mass is 127. The first kappa shape index (κ1) is 26.8. The van der Waals surface area contributed by atoms with E-state index in [1.165, 1.54) is 18.2 Å². The summed E-state index contributed by atoms with van der Waals surface area (Å²) in [7, 11) is 1.62. The molecule has 1 fully saturated rings. The fourth-order valence-electron chi connectivity index (χ4n) is 3.20. The molecule has 2 N–H and O–H groups in total. The Balaban J connectivity index is 0.00000450. The Kier molecular flexibility index (Phi) is 12.4. The van der Waals surface area contributed by atoms with E-state index in [4.69, 9.17) is 4.74 Å². The zero-order valence-electron chi connectivity index (χ0n) is 17.7. The third-order valence-corrected chi connectivity index (χ3v) is 4.74. The second-order valence-corrected chi connectivity index (χ2v) is 7.20. The molecule has 0 unspecified atom stereocenters. The number of hydrogen-bond donors (Lipinski definition) is 2. The molecule has 0 spiro atoms. The number of guanidine groups is 1. The SMILES string of the molecule is CN=C(NCc1c(F)cccc1OC(F)F)NC1CCN(CCOC(C)C)CC1.I. The first-order valence-electron chi connectivity index (χ1n) is 9.92. The van der Waals surface area contributed by atoms with E-state index < -0.39 is 12.4 Å². The van der Waals surface area contributed by atoms with Gasteiger partial charge in [0.25, 0.3) is 0 Å². The first-order chi connectivity index (χ1) is 13.9. The Hall–Kier alpha value is -1.27. The molecule has 1 aliphatic heterocycles. The maximum atomic E-state index is 14.1. The van der Waals surface area contributed by atoms with Crippen LogP contribution >= 0.6 is 24.0 Å². The molecule has 1 heterocycles. The number of piperidine rings is 1. The number of aliphatic imine (C=N–C) groups is 1. The molecule has 0 radical (unpaired) electrons. The fraction of sp³-hybridized carbons (Fsp3) is 0.650. The lowest BCUT2D eigenvalue weighted by molar-refractivity contribution is -0.0506. The van der Waals surface area contributed by atoms with Gasteiger partial charge in [0.05, 0.1) is 12.7 Å². The summed E-state index contributed by atoms with van der Waals surface area (Å²) in [5.41, 5.74) is 0.0377. The van der Waals surface area contributed by atoms with Gasteiger partial charge < -0.3 is 25.0 Å². The topological polar surface area (TPSA) is 58.1 Å². The summed E-state index contributed by atoms with van der Waals surface area (Å²) in [6.07, 6.45) is 2.13. The van der Waals surface area contributed by atoms with Gasteiger partial charge in [0.15, 0.2) is 5.96 Å². The van der Waals surface area contributed by atoms with Crippen LogP contribution in [0.25, 0.3) is 0 Å². The predicted molar refractivity (Wildman–Crippen MR) is 122 cm³/mol. The molecule has 0 bridgehead atoms. The van der Waals surface area contributed by atoms with Gasteiger partial charge >= 0.3 is 6.61 Å². The van der Waals surface area contributed by atoms with Crippen LogP contribution in [0.4, 0.5) is 13.2 Å². The van der Waals surface area contributed by atoms with Crippen LogP contribution in [0.1, 0.15) is 32.3 Å². The zero-order chi connectivity index (χ0) is 21.2. The molecule has 0 aliphatic carbocycles. The standard InChI is InChI=1S/C20H31F3N4O2.HI/c1-14(2)28-12-11-27-9-7-15(8-10-27)26-20(24-3)25-13-16-17(21)5-4-6-18(16)29-19(22)23;/h4-6,14-15,19H,7-13H2,1-3H3,(H2,24,25,26);1H. The molecule has 172 valence electrons. The van der Waals surface area contributed by atoms with Gasteiger partial charge in [0, 0.05) is 44.8 Å². The van der Waals surface area contributed by atoms with Crippen LogP contribution in [0.5, 0.6) is 5.75 Å². The molecule has 1 aromatic rings. The van der Waals surface area contributed by atoms with Crippen molar-refractivity contribution in [2.24, 2.45) is 4.99 Å². The van der Waals surface area contributed by atoms with Gasteiger partial charge in [-0.25, -0.2) is 4.39 Å². The summed E-state index contributed by atoms with van der Waals surface area (Å²) in [4.78, 5) is 6.52. The van der Waals surface area contributed by atoms with Crippen molar-refractivity contribution in [1.82, 2.24) is 15.5 Å². The minimum atomic E-state index is -3.01. The van der Waals surface area contributed by atoms with Crippen molar-refractivity contribution in [2.75, 3.05) is 33.3 Å². The quantitative estimate of drug-likeness (QED) is 0.283. The lowest BCUT2D eigenvalue weighted by atomic mass is 10.1. The molecule has 30 heavy (non-hydrogen) atoms. The Morgan fingerprint density at radius 1 is 1.27 bits per heavy atom. The van der Waals surface area contributed by atoms with Gasteiger partial charge in [0.1, 0.15) is 11.6 Å². The van der Waals surface area contributed by atoms with Gasteiger partial charge in [-0.1, -0.05) is 6.07 Å². The van der Waals surface area contributed by atoms with Crippen LogP contribution in [0.15, 0.2) is 23.2 Å². The molecular formula is C20H32F3IN4O2. The van der Waals surface area contributed by atoms with Gasteiger partial charge in [-0.2, -0.15) is 8.78 Å². The number of hydrogen-bond acceptors (Lipinski definition) is 4. The van der Waals surface area contributed by atoms with Crippen molar-refractivity contribution in [3.8, 4) is 5.75 Å². The maximum Gasteiger partial charge on any atom is 0.387 e. The zero-order valence-corrected chi connectivity index (χ0v) is 20.0. The highest BCUT2D eigenvalue weighted by Crippen LogP contribution is 2.23. The summed E-state index contributed by atoms with van der Waals surface area (Å²) in [5, 5.41) is 6.31. The monoisotopic (exact) mass is 544 g/mol. The van der Waals surface area contributed by atoms with Crippen LogP contribution < -0.4 is 15.4 Å². The largest absolute Gasteiger partial charge is 0.434 e. The minimum absolute atomic E-state index is 0. The van der Waals surface area contributed by atoms with Gasteiger partial charge in [-0.15, -0.1) is 24.0 Å². The van der Waals surface area contributed by atoms with Crippen LogP contribution in [0.3, 0.4) is 0 Å². The second kappa shape index (κ2) is 13.9. The number of ether oxygens (including phenoxy) is 2. The molecule has 0 aromatic heterocycles. The Morgan fingerprint density at radius 2 is 1.97 bits per heavy atom. The molecule has 6 nitrogen and oxygen atoms in total. The van der Waals surface area contributed by atoms with E-state index in [2.05, 4.69) is 25.3 Å². The van der Waals surface area contributed by atoms with Crippen LogP contribution in [0.2, 0.25) is 0 Å². The maximum absolute atomic E-state index is 14.1. The molecule has 1 saturated heterocycles. The summed E-state index contributed by atoms with van der Waals surface area (Å²) >= 11 is 0. The Bertz CT molecular complexity index is 657. The average Bonchev–Trinajstić information content (AvgIpc) is 2.67. The average molecular weight is 544 g/mol. The Labute approximate surface area is 193 Å². The Morgan fingerprint density at radius 3 is 2.57 bits per heavy atom. The molecule has 10 heteroatoms. The van der Waals surface area contributed by atoms with Crippen LogP contribution in [0, 0.1) is 5.82 Å². The molecule has 1 aliphatic rings. The van der Waals surface area contributed by atoms with Gasteiger partial charge in [-0.3, -0.25) is 4.99 Å². The molecule has 0 atom stereocenters. The number of likely N-dealkylation sites (tertiary alicyclic amines) is 1. The van der Waals surface area contributed by atoms with E-state index in [1.54, 1.807) is 7.05 Å². The minimum Gasteiger partial charge on any atom is -0.434 e. The van der Waals surface area contributed by atoms with Crippen molar-refractivity contribution >= 4 is 29.9 Å². The first-order valence-corrected chi connectivity index (χ1v) is 9.92. The van der Waals surface area contributed by atoms with Crippen molar-refractivity contribution < 1.29 is 22.6 Å².